The van der Waals surface area contributed by atoms with Gasteiger partial charge in [-0.05, 0) is 45.4 Å². The molecule has 0 N–H and O–H groups in total. The van der Waals surface area contributed by atoms with Gasteiger partial charge in [0.25, 0.3) is 0 Å². The number of nitrogens with zero attached hydrogens (tertiary/aromatic N) is 2. The zero-order chi connectivity index (χ0) is 18.7. The highest BCUT2D eigenvalue weighted by Gasteiger charge is 2.28. The van der Waals surface area contributed by atoms with Gasteiger partial charge in [0.2, 0.25) is 5.89 Å². The van der Waals surface area contributed by atoms with Crippen LogP contribution in [-0.4, -0.2) is 35.5 Å². The Bertz CT molecular complexity index is 791. The van der Waals surface area contributed by atoms with Crippen LogP contribution in [0.15, 0.2) is 22.6 Å². The summed E-state index contributed by atoms with van der Waals surface area (Å²) >= 11 is 0. The van der Waals surface area contributed by atoms with E-state index in [9.17, 15) is 13.6 Å². The molecule has 3 rings (SSSR count). The Labute approximate surface area is 151 Å². The minimum absolute atomic E-state index is 0.129. The maximum Gasteiger partial charge on any atom is 0.310 e. The second-order valence-electron chi connectivity index (χ2n) is 6.47. The first-order valence-corrected chi connectivity index (χ1v) is 8.78. The first-order chi connectivity index (χ1) is 12.5. The predicted octanol–water partition coefficient (Wildman–Crippen LogP) is 3.70. The van der Waals surface area contributed by atoms with Gasteiger partial charge >= 0.3 is 5.97 Å². The Morgan fingerprint density at radius 3 is 2.96 bits per heavy atom. The van der Waals surface area contributed by atoms with Gasteiger partial charge in [-0.25, -0.2) is 13.8 Å². The summed E-state index contributed by atoms with van der Waals surface area (Å²) in [6.45, 7) is 5.90. The van der Waals surface area contributed by atoms with Crippen LogP contribution in [0.4, 0.5) is 8.78 Å². The molecule has 1 aliphatic rings. The summed E-state index contributed by atoms with van der Waals surface area (Å²) in [6, 6.07) is 3.30. The average molecular weight is 364 g/mol. The Morgan fingerprint density at radius 1 is 1.42 bits per heavy atom. The van der Waals surface area contributed by atoms with E-state index in [4.69, 9.17) is 9.15 Å². The van der Waals surface area contributed by atoms with Crippen molar-refractivity contribution in [1.82, 2.24) is 9.88 Å². The van der Waals surface area contributed by atoms with E-state index >= 15 is 0 Å². The molecule has 0 spiro atoms. The highest BCUT2D eigenvalue weighted by Crippen LogP contribution is 2.27. The molecule has 0 radical (unpaired) electrons. The summed E-state index contributed by atoms with van der Waals surface area (Å²) in [5.74, 6) is -0.935. The molecule has 0 amide bonds. The molecule has 5 nitrogen and oxygen atoms in total. The van der Waals surface area contributed by atoms with Gasteiger partial charge in [-0.3, -0.25) is 9.69 Å². The predicted molar refractivity (Wildman–Crippen MR) is 91.2 cm³/mol. The maximum atomic E-state index is 13.9. The molecule has 2 aromatic rings. The first-order valence-electron chi connectivity index (χ1n) is 8.78. The third-order valence-corrected chi connectivity index (χ3v) is 4.55. The Balaban J connectivity index is 1.72. The van der Waals surface area contributed by atoms with Gasteiger partial charge in [0.1, 0.15) is 17.4 Å². The molecule has 1 unspecified atom stereocenters. The summed E-state index contributed by atoms with van der Waals surface area (Å²) in [6.07, 6.45) is 1.72. The van der Waals surface area contributed by atoms with Crippen molar-refractivity contribution in [3.05, 3.63) is 41.3 Å². The number of hydrogen-bond donors (Lipinski definition) is 0. The molecule has 1 fully saturated rings. The summed E-state index contributed by atoms with van der Waals surface area (Å²) in [5.41, 5.74) is 0.817. The first kappa shape index (κ1) is 18.5. The van der Waals surface area contributed by atoms with Crippen molar-refractivity contribution >= 4 is 5.97 Å². The molecule has 1 aromatic carbocycles. The van der Waals surface area contributed by atoms with Gasteiger partial charge in [-0.1, -0.05) is 0 Å². The summed E-state index contributed by atoms with van der Waals surface area (Å²) < 4.78 is 37.7. The monoisotopic (exact) mass is 364 g/mol. The van der Waals surface area contributed by atoms with Crippen molar-refractivity contribution in [3.63, 3.8) is 0 Å². The number of oxazole rings is 1. The number of aryl methyl sites for hydroxylation is 1. The lowest BCUT2D eigenvalue weighted by Crippen LogP contribution is -2.39. The number of likely N-dealkylation sites (tertiary alicyclic amines) is 1. The van der Waals surface area contributed by atoms with Crippen molar-refractivity contribution in [2.75, 3.05) is 19.7 Å². The standard InChI is InChI=1S/C19H22F2N2O3/c1-3-25-19(24)13-5-4-8-23(10-13)11-17-12(2)26-18(22-17)15-7-6-14(20)9-16(15)21/h6-7,9,13H,3-5,8,10-11H2,1-2H3. The number of piperidine rings is 1. The molecule has 1 saturated heterocycles. The smallest absolute Gasteiger partial charge is 0.310 e. The van der Waals surface area contributed by atoms with E-state index in [1.807, 2.05) is 0 Å². The highest BCUT2D eigenvalue weighted by molar-refractivity contribution is 5.72. The summed E-state index contributed by atoms with van der Waals surface area (Å²) in [7, 11) is 0. The van der Waals surface area contributed by atoms with Crippen LogP contribution in [0, 0.1) is 24.5 Å². The van der Waals surface area contributed by atoms with E-state index in [1.54, 1.807) is 13.8 Å². The van der Waals surface area contributed by atoms with Crippen molar-refractivity contribution in [2.24, 2.45) is 5.92 Å². The van der Waals surface area contributed by atoms with Crippen molar-refractivity contribution < 1.29 is 22.7 Å². The fraction of sp³-hybridized carbons (Fsp3) is 0.474. The minimum Gasteiger partial charge on any atom is -0.466 e. The van der Waals surface area contributed by atoms with Crippen LogP contribution in [0.5, 0.6) is 0 Å². The van der Waals surface area contributed by atoms with E-state index < -0.39 is 11.6 Å². The van der Waals surface area contributed by atoms with E-state index in [0.29, 0.717) is 31.2 Å². The van der Waals surface area contributed by atoms with E-state index in [0.717, 1.165) is 25.5 Å². The lowest BCUT2D eigenvalue weighted by atomic mass is 9.98. The number of esters is 1. The molecule has 0 saturated carbocycles. The zero-order valence-electron chi connectivity index (χ0n) is 14.9. The van der Waals surface area contributed by atoms with E-state index in [-0.39, 0.29) is 23.3 Å². The number of ether oxygens (including phenoxy) is 1. The SMILES string of the molecule is CCOC(=O)C1CCCN(Cc2nc(-c3ccc(F)cc3F)oc2C)C1. The molecular formula is C19H22F2N2O3. The normalized spacial score (nSPS) is 18.1. The number of halogens is 2. The molecule has 2 heterocycles. The lowest BCUT2D eigenvalue weighted by Gasteiger charge is -2.30. The Morgan fingerprint density at radius 2 is 2.23 bits per heavy atom. The number of hydrogen-bond acceptors (Lipinski definition) is 5. The molecule has 0 aliphatic carbocycles. The number of aromatic nitrogens is 1. The number of carbonyl (C=O) groups is 1. The second-order valence-corrected chi connectivity index (χ2v) is 6.47. The minimum atomic E-state index is -0.710. The van der Waals surface area contributed by atoms with Crippen LogP contribution in [0.2, 0.25) is 0 Å². The van der Waals surface area contributed by atoms with Crippen LogP contribution in [0.25, 0.3) is 11.5 Å². The third kappa shape index (κ3) is 4.09. The van der Waals surface area contributed by atoms with Crippen molar-refractivity contribution in [1.29, 1.82) is 0 Å². The van der Waals surface area contributed by atoms with Gasteiger partial charge < -0.3 is 9.15 Å². The zero-order valence-corrected chi connectivity index (χ0v) is 14.9. The molecule has 7 heteroatoms. The van der Waals surface area contributed by atoms with Crippen LogP contribution >= 0.6 is 0 Å². The van der Waals surface area contributed by atoms with Crippen LogP contribution < -0.4 is 0 Å². The van der Waals surface area contributed by atoms with Crippen molar-refractivity contribution in [2.45, 2.75) is 33.2 Å². The van der Waals surface area contributed by atoms with Gasteiger partial charge in [0, 0.05) is 19.2 Å². The van der Waals surface area contributed by atoms with Crippen LogP contribution in [-0.2, 0) is 16.1 Å². The highest BCUT2D eigenvalue weighted by atomic mass is 19.1. The molecule has 1 aliphatic heterocycles. The third-order valence-electron chi connectivity index (χ3n) is 4.55. The maximum absolute atomic E-state index is 13.9. The van der Waals surface area contributed by atoms with Gasteiger partial charge in [-0.2, -0.15) is 0 Å². The Hall–Kier alpha value is -2.28. The molecule has 1 atom stereocenters. The molecule has 0 bridgehead atoms. The van der Waals surface area contributed by atoms with Crippen LogP contribution in [0.1, 0.15) is 31.2 Å². The fourth-order valence-electron chi connectivity index (χ4n) is 3.22. The summed E-state index contributed by atoms with van der Waals surface area (Å²) in [5, 5.41) is 0. The number of benzene rings is 1. The largest absolute Gasteiger partial charge is 0.466 e. The topological polar surface area (TPSA) is 55.6 Å². The molecule has 26 heavy (non-hydrogen) atoms. The molecule has 1 aromatic heterocycles. The van der Waals surface area contributed by atoms with Gasteiger partial charge in [0.15, 0.2) is 0 Å². The van der Waals surface area contributed by atoms with Gasteiger partial charge in [0.05, 0.1) is 23.8 Å². The summed E-state index contributed by atoms with van der Waals surface area (Å²) in [4.78, 5) is 18.5. The second kappa shape index (κ2) is 7.95. The fourth-order valence-corrected chi connectivity index (χ4v) is 3.22. The molecular weight excluding hydrogens is 342 g/mol. The molecule has 140 valence electrons. The number of rotatable bonds is 5. The van der Waals surface area contributed by atoms with Crippen molar-refractivity contribution in [3.8, 4) is 11.5 Å². The lowest BCUT2D eigenvalue weighted by molar-refractivity contribution is -0.150. The van der Waals surface area contributed by atoms with E-state index in [2.05, 4.69) is 9.88 Å². The van der Waals surface area contributed by atoms with Crippen LogP contribution in [0.3, 0.4) is 0 Å². The number of carbonyl (C=O) groups excluding carboxylic acids is 1. The Kier molecular flexibility index (Phi) is 5.66. The van der Waals surface area contributed by atoms with E-state index in [1.165, 1.54) is 12.1 Å². The average Bonchev–Trinajstić information content (AvgIpc) is 2.95. The quantitative estimate of drug-likeness (QED) is 0.757. The van der Waals surface area contributed by atoms with Gasteiger partial charge in [-0.15, -0.1) is 0 Å².